The molecular weight excluding hydrogens is 326 g/mol. The molecule has 0 aromatic heterocycles. The number of nitrogens with zero attached hydrogens (tertiary/aromatic N) is 3. The second-order valence-corrected chi connectivity index (χ2v) is 8.03. The van der Waals surface area contributed by atoms with Crippen LogP contribution in [0.15, 0.2) is 29.4 Å². The summed E-state index contributed by atoms with van der Waals surface area (Å²) >= 11 is 0. The molecule has 0 saturated heterocycles. The molecule has 6 heteroatoms. The Morgan fingerprint density at radius 2 is 1.54 bits per heavy atom. The fourth-order valence-electron chi connectivity index (χ4n) is 5.47. The molecule has 0 heterocycles. The number of rotatable bonds is 4. The molecule has 4 aliphatic rings. The summed E-state index contributed by atoms with van der Waals surface area (Å²) in [4.78, 5) is 12.8. The summed E-state index contributed by atoms with van der Waals surface area (Å²) in [5.41, 5.74) is 3.66. The van der Waals surface area contributed by atoms with Crippen LogP contribution in [-0.4, -0.2) is 17.2 Å². The first kappa shape index (κ1) is 16.6. The van der Waals surface area contributed by atoms with E-state index in [-0.39, 0.29) is 17.2 Å². The van der Waals surface area contributed by atoms with E-state index in [1.807, 2.05) is 0 Å². The molecule has 1 aromatic carbocycles. The van der Waals surface area contributed by atoms with Gasteiger partial charge < -0.3 is 5.32 Å². The van der Waals surface area contributed by atoms with Crippen molar-refractivity contribution in [3.63, 3.8) is 0 Å². The Balaban J connectivity index is 1.42. The van der Waals surface area contributed by atoms with Crippen molar-refractivity contribution in [3.8, 4) is 12.1 Å². The van der Waals surface area contributed by atoms with Crippen molar-refractivity contribution in [2.75, 3.05) is 5.43 Å². The third-order valence-electron chi connectivity index (χ3n) is 6.07. The summed E-state index contributed by atoms with van der Waals surface area (Å²) in [6.07, 6.45) is 7.44. The monoisotopic (exact) mass is 347 g/mol. The van der Waals surface area contributed by atoms with E-state index >= 15 is 0 Å². The Labute approximate surface area is 152 Å². The van der Waals surface area contributed by atoms with E-state index in [1.165, 1.54) is 19.3 Å². The summed E-state index contributed by atoms with van der Waals surface area (Å²) in [7, 11) is 0. The highest BCUT2D eigenvalue weighted by molar-refractivity contribution is 6.10. The second kappa shape index (κ2) is 6.46. The molecule has 5 rings (SSSR count). The molecule has 2 N–H and O–H groups in total. The fraction of sp³-hybridized carbons (Fsp3) is 0.500. The predicted molar refractivity (Wildman–Crippen MR) is 97.1 cm³/mol. The minimum atomic E-state index is -0.242. The van der Waals surface area contributed by atoms with Crippen LogP contribution in [0, 0.1) is 40.4 Å². The normalized spacial score (nSPS) is 30.8. The van der Waals surface area contributed by atoms with Crippen LogP contribution in [0.4, 0.5) is 5.69 Å². The topological polar surface area (TPSA) is 101 Å². The lowest BCUT2D eigenvalue weighted by atomic mass is 9.53. The van der Waals surface area contributed by atoms with Crippen LogP contribution in [0.1, 0.15) is 48.9 Å². The van der Waals surface area contributed by atoms with Crippen LogP contribution < -0.4 is 10.7 Å². The van der Waals surface area contributed by atoms with Crippen molar-refractivity contribution in [1.82, 2.24) is 5.32 Å². The molecule has 1 aromatic rings. The van der Waals surface area contributed by atoms with Gasteiger partial charge in [0.1, 0.15) is 12.1 Å². The van der Waals surface area contributed by atoms with Gasteiger partial charge in [-0.2, -0.15) is 15.6 Å². The third kappa shape index (κ3) is 3.15. The molecule has 1 amide bonds. The molecule has 0 spiro atoms. The standard InChI is InChI=1S/C20H21N5O/c21-11-18(12-22)25-24-17-3-1-16(2-4-17)19(26)23-20-8-13-5-14(9-20)7-15(6-13)10-20/h1-4,13-15,24H,5-10H2,(H,23,26). The van der Waals surface area contributed by atoms with E-state index in [9.17, 15) is 4.79 Å². The minimum absolute atomic E-state index is 0.00153. The molecule has 0 radical (unpaired) electrons. The van der Waals surface area contributed by atoms with Gasteiger partial charge in [0.25, 0.3) is 5.91 Å². The average Bonchev–Trinajstić information content (AvgIpc) is 2.61. The van der Waals surface area contributed by atoms with Gasteiger partial charge in [-0.3, -0.25) is 10.2 Å². The van der Waals surface area contributed by atoms with Crippen molar-refractivity contribution >= 4 is 17.3 Å². The quantitative estimate of drug-likeness (QED) is 0.645. The number of carbonyl (C=O) groups is 1. The molecule has 0 aliphatic heterocycles. The SMILES string of the molecule is N#CC(C#N)=NNc1ccc(C(=O)NC23CC4CC(CC(C4)C2)C3)cc1. The molecule has 26 heavy (non-hydrogen) atoms. The highest BCUT2D eigenvalue weighted by Gasteiger charge is 2.51. The maximum atomic E-state index is 12.8. The van der Waals surface area contributed by atoms with Gasteiger partial charge >= 0.3 is 0 Å². The van der Waals surface area contributed by atoms with Crippen molar-refractivity contribution in [2.45, 2.75) is 44.1 Å². The number of carbonyl (C=O) groups excluding carboxylic acids is 1. The van der Waals surface area contributed by atoms with Gasteiger partial charge in [0.2, 0.25) is 5.71 Å². The number of amides is 1. The Hall–Kier alpha value is -2.86. The number of benzene rings is 1. The summed E-state index contributed by atoms with van der Waals surface area (Å²) < 4.78 is 0. The highest BCUT2D eigenvalue weighted by Crippen LogP contribution is 2.55. The van der Waals surface area contributed by atoms with E-state index in [1.54, 1.807) is 36.4 Å². The first-order valence-electron chi connectivity index (χ1n) is 9.15. The number of hydrogen-bond acceptors (Lipinski definition) is 5. The first-order chi connectivity index (χ1) is 12.6. The molecule has 4 aliphatic carbocycles. The van der Waals surface area contributed by atoms with Crippen LogP contribution in [-0.2, 0) is 0 Å². The summed E-state index contributed by atoms with van der Waals surface area (Å²) in [6.45, 7) is 0. The van der Waals surface area contributed by atoms with Gasteiger partial charge in [-0.25, -0.2) is 0 Å². The zero-order valence-corrected chi connectivity index (χ0v) is 14.5. The Morgan fingerprint density at radius 1 is 1.00 bits per heavy atom. The average molecular weight is 347 g/mol. The molecule has 0 atom stereocenters. The number of hydrogen-bond donors (Lipinski definition) is 2. The van der Waals surface area contributed by atoms with Crippen molar-refractivity contribution < 1.29 is 4.79 Å². The fourth-order valence-corrected chi connectivity index (χ4v) is 5.47. The Morgan fingerprint density at radius 3 is 2.04 bits per heavy atom. The Bertz CT molecular complexity index is 776. The number of nitrogens with one attached hydrogen (secondary N) is 2. The lowest BCUT2D eigenvalue weighted by Gasteiger charge is -2.56. The van der Waals surface area contributed by atoms with Crippen molar-refractivity contribution in [2.24, 2.45) is 22.9 Å². The van der Waals surface area contributed by atoms with Crippen LogP contribution in [0.25, 0.3) is 0 Å². The summed E-state index contributed by atoms with van der Waals surface area (Å²) in [5.74, 6) is 2.36. The predicted octanol–water partition coefficient (Wildman–Crippen LogP) is 3.20. The zero-order valence-electron chi connectivity index (χ0n) is 14.5. The van der Waals surface area contributed by atoms with Gasteiger partial charge in [0.15, 0.2) is 0 Å². The minimum Gasteiger partial charge on any atom is -0.347 e. The lowest BCUT2D eigenvalue weighted by molar-refractivity contribution is -0.0167. The largest absolute Gasteiger partial charge is 0.347 e. The van der Waals surface area contributed by atoms with Gasteiger partial charge in [0, 0.05) is 11.1 Å². The maximum absolute atomic E-state index is 12.8. The van der Waals surface area contributed by atoms with E-state index in [4.69, 9.17) is 10.5 Å². The van der Waals surface area contributed by atoms with E-state index in [0.717, 1.165) is 37.0 Å². The van der Waals surface area contributed by atoms with E-state index in [2.05, 4.69) is 15.8 Å². The number of nitriles is 2. The van der Waals surface area contributed by atoms with Gasteiger partial charge in [0.05, 0.1) is 5.69 Å². The van der Waals surface area contributed by atoms with E-state index < -0.39 is 0 Å². The lowest BCUT2D eigenvalue weighted by Crippen LogP contribution is -2.59. The molecule has 4 saturated carbocycles. The van der Waals surface area contributed by atoms with Crippen LogP contribution in [0.3, 0.4) is 0 Å². The third-order valence-corrected chi connectivity index (χ3v) is 6.07. The van der Waals surface area contributed by atoms with Gasteiger partial charge in [-0.05, 0) is 80.5 Å². The van der Waals surface area contributed by atoms with Crippen LogP contribution in [0.2, 0.25) is 0 Å². The molecular formula is C20H21N5O. The molecule has 4 bridgehead atoms. The summed E-state index contributed by atoms with van der Waals surface area (Å²) in [6, 6.07) is 10.3. The highest BCUT2D eigenvalue weighted by atomic mass is 16.1. The van der Waals surface area contributed by atoms with E-state index in [0.29, 0.717) is 11.3 Å². The first-order valence-corrected chi connectivity index (χ1v) is 9.15. The van der Waals surface area contributed by atoms with Crippen LogP contribution >= 0.6 is 0 Å². The van der Waals surface area contributed by atoms with Crippen molar-refractivity contribution in [3.05, 3.63) is 29.8 Å². The molecule has 0 unspecified atom stereocenters. The molecule has 132 valence electrons. The maximum Gasteiger partial charge on any atom is 0.251 e. The van der Waals surface area contributed by atoms with Gasteiger partial charge in [-0.1, -0.05) is 0 Å². The zero-order chi connectivity index (χ0) is 18.1. The van der Waals surface area contributed by atoms with Crippen LogP contribution in [0.5, 0.6) is 0 Å². The van der Waals surface area contributed by atoms with Gasteiger partial charge in [-0.15, -0.1) is 0 Å². The second-order valence-electron chi connectivity index (χ2n) is 8.03. The number of anilines is 1. The molecule has 6 nitrogen and oxygen atoms in total. The number of hydrazone groups is 1. The van der Waals surface area contributed by atoms with Crippen molar-refractivity contribution in [1.29, 1.82) is 10.5 Å². The molecule has 4 fully saturated rings. The smallest absolute Gasteiger partial charge is 0.251 e. The Kier molecular flexibility index (Phi) is 4.12. The summed E-state index contributed by atoms with van der Waals surface area (Å²) in [5, 5.41) is 24.4.